The second kappa shape index (κ2) is 37.2. The highest BCUT2D eigenvalue weighted by Crippen LogP contribution is 2.46. The third-order valence-electron chi connectivity index (χ3n) is 31.0. The Balaban J connectivity index is 0.000000109. The Morgan fingerprint density at radius 2 is 0.356 bits per heavy atom. The molecule has 0 amide bonds. The van der Waals surface area contributed by atoms with Gasteiger partial charge in [0.15, 0.2) is 0 Å². The molecule has 27 aromatic rings. The molecule has 24 aromatic carbocycles. The average molecular weight is 1890 g/mol. The van der Waals surface area contributed by atoms with Gasteiger partial charge in [-0.05, 0) is 257 Å². The molecule has 149 heavy (non-hydrogen) atoms. The van der Waals surface area contributed by atoms with Crippen LogP contribution in [0.3, 0.4) is 0 Å². The molecule has 0 fully saturated rings. The van der Waals surface area contributed by atoms with Crippen LogP contribution < -0.4 is 63.9 Å². The fourth-order valence-electron chi connectivity index (χ4n) is 24.6. The second-order valence-electron chi connectivity index (χ2n) is 39.1. The van der Waals surface area contributed by atoms with Gasteiger partial charge in [-0.2, -0.15) is 0 Å². The molecule has 0 atom stereocenters. The second-order valence-corrected chi connectivity index (χ2v) is 39.1. The molecule has 0 spiro atoms. The number of para-hydroxylation sites is 12. The van der Waals surface area contributed by atoms with E-state index in [4.69, 9.17) is 0 Å². The molecule has 0 unspecified atom stereocenters. The summed E-state index contributed by atoms with van der Waals surface area (Å²) < 4.78 is 7.15. The Labute approximate surface area is 867 Å². The maximum absolute atomic E-state index is 2.46. The van der Waals surface area contributed by atoms with Crippen LogP contribution in [0.25, 0.3) is 149 Å². The third-order valence-corrected chi connectivity index (χ3v) is 31.0. The smallest absolute Gasteiger partial charge is 0.248 e. The number of fused-ring (bicyclic) bond motifs is 17. The van der Waals surface area contributed by atoms with Gasteiger partial charge in [0, 0.05) is 101 Å². The van der Waals surface area contributed by atoms with Crippen LogP contribution in [0.1, 0.15) is 0 Å². The van der Waals surface area contributed by atoms with E-state index in [2.05, 4.69) is 605 Å². The fraction of sp³-hybridized carbons (Fsp3) is 0. The van der Waals surface area contributed by atoms with E-state index in [0.717, 1.165) is 34.1 Å². The molecule has 694 valence electrons. The number of aromatic nitrogens is 3. The van der Waals surface area contributed by atoms with E-state index in [1.165, 1.54) is 215 Å². The first-order valence-electron chi connectivity index (χ1n) is 51.6. The van der Waals surface area contributed by atoms with E-state index in [1.54, 1.807) is 0 Å². The molecule has 3 aliphatic rings. The molecule has 0 N–H and O–H groups in total. The molecule has 0 aliphatic carbocycles. The summed E-state index contributed by atoms with van der Waals surface area (Å²) in [5.74, 6) is 0. The summed E-state index contributed by atoms with van der Waals surface area (Å²) in [4.78, 5) is 7.34. The number of hydrogen-bond acceptors (Lipinski definition) is 3. The van der Waals surface area contributed by atoms with Crippen molar-refractivity contribution in [2.24, 2.45) is 0 Å². The number of hydrogen-bond donors (Lipinski definition) is 0. The quantitative estimate of drug-likeness (QED) is 0.108. The highest BCUT2D eigenvalue weighted by Gasteiger charge is 2.42. The molecule has 9 heteroatoms. The summed E-state index contributed by atoms with van der Waals surface area (Å²) >= 11 is 0. The van der Waals surface area contributed by atoms with Crippen LogP contribution in [0.2, 0.25) is 0 Å². The summed E-state index contributed by atoms with van der Waals surface area (Å²) in [6, 6.07) is 210. The van der Waals surface area contributed by atoms with Gasteiger partial charge in [-0.3, -0.25) is 0 Å². The Morgan fingerprint density at radius 3 is 0.685 bits per heavy atom. The van der Waals surface area contributed by atoms with Crippen molar-refractivity contribution in [1.29, 1.82) is 0 Å². The van der Waals surface area contributed by atoms with Crippen molar-refractivity contribution in [1.82, 2.24) is 13.7 Å². The monoisotopic (exact) mass is 1890 g/mol. The van der Waals surface area contributed by atoms with Gasteiger partial charge < -0.3 is 28.4 Å². The van der Waals surface area contributed by atoms with Crippen molar-refractivity contribution >= 4 is 207 Å². The Bertz CT molecular complexity index is 9460. The summed E-state index contributed by atoms with van der Waals surface area (Å²) in [7, 11) is 0. The largest absolute Gasteiger partial charge is 0.312 e. The average Bonchev–Trinajstić information content (AvgIpc) is 1.48. The van der Waals surface area contributed by atoms with Crippen molar-refractivity contribution < 1.29 is 0 Å². The maximum atomic E-state index is 2.46. The lowest BCUT2D eigenvalue weighted by Gasteiger charge is -2.38. The van der Waals surface area contributed by atoms with E-state index in [-0.39, 0.29) is 20.1 Å². The SMILES string of the molecule is c1ccc(-c2cc(-c3ccccc3)c(B3c4ccccc4N(c4ccc(-n5c6ccccc6c6ccccc65)cc4)c4ccccc43)c(-c3ccccc3)c2)cc1.c1ccc(-c2ccc3ccccc3c2B2c3ccccc3N(c3ccc(-n4c5ccccc5c5ccccc54)cc3)c3ccccc32)cc1.c1ccc2c(c1)B(c1cccc3ccccc13)c1ccccc1N2c1ccc(-n2c3ccccc3c3ccccc32)cc1. The fourth-order valence-corrected chi connectivity index (χ4v) is 24.6. The first-order valence-corrected chi connectivity index (χ1v) is 51.6. The predicted octanol–water partition coefficient (Wildman–Crippen LogP) is 30.2. The van der Waals surface area contributed by atoms with Crippen LogP contribution in [0.15, 0.2) is 576 Å². The first-order chi connectivity index (χ1) is 74.0. The molecule has 6 heterocycles. The molecule has 0 radical (unpaired) electrons. The highest BCUT2D eigenvalue weighted by atomic mass is 15.2. The third kappa shape index (κ3) is 15.0. The van der Waals surface area contributed by atoms with Gasteiger partial charge in [0.05, 0.1) is 33.1 Å². The number of nitrogens with zero attached hydrogens (tertiary/aromatic N) is 6. The zero-order valence-electron chi connectivity index (χ0n) is 81.8. The Hall–Kier alpha value is -19.2. The van der Waals surface area contributed by atoms with Gasteiger partial charge in [0.2, 0.25) is 20.1 Å². The lowest BCUT2D eigenvalue weighted by atomic mass is 9.33. The van der Waals surface area contributed by atoms with Gasteiger partial charge in [-0.15, -0.1) is 0 Å². The van der Waals surface area contributed by atoms with E-state index >= 15 is 0 Å². The lowest BCUT2D eigenvalue weighted by molar-refractivity contribution is 1.17. The van der Waals surface area contributed by atoms with Crippen molar-refractivity contribution in [2.45, 2.75) is 0 Å². The number of rotatable bonds is 13. The first kappa shape index (κ1) is 87.6. The van der Waals surface area contributed by atoms with Crippen LogP contribution in [0.5, 0.6) is 0 Å². The summed E-state index contributed by atoms with van der Waals surface area (Å²) in [6.45, 7) is 0.175. The molecule has 3 aromatic heterocycles. The number of anilines is 9. The molecule has 0 bridgehead atoms. The topological polar surface area (TPSA) is 24.5 Å². The lowest BCUT2D eigenvalue weighted by Crippen LogP contribution is -2.58. The Morgan fingerprint density at radius 1 is 0.128 bits per heavy atom. The van der Waals surface area contributed by atoms with Crippen LogP contribution in [-0.2, 0) is 0 Å². The highest BCUT2D eigenvalue weighted by molar-refractivity contribution is 7.01. The molecular formula is C140H95B3N6. The van der Waals surface area contributed by atoms with Gasteiger partial charge in [0.25, 0.3) is 0 Å². The standard InChI is InChI=1S/C54H37BN2.C46H31BN2.C40H27BN2/c1-4-18-38(19-5-1)41-36-46(39-20-6-2-7-21-39)54(47(37-41)40-22-8-3-9-23-40)55-48-26-12-16-30-52(48)57(53-31-17-13-27-49(53)55)43-34-32-42(33-35-43)56-50-28-14-10-24-44(50)45-25-11-15-29-51(45)56;1-2-14-32(15-3-1)37-31-26-33-16-4-5-17-36(33)46(37)47-40-20-8-12-24-44(40)49(45-25-13-9-21-41(45)47)35-29-27-34(28-30-35)48-42-22-10-6-18-38(42)39-19-7-11-23-43(39)48;1-2-14-31-28(12-1)13-11-19-34(31)41-35-17-5-9-22-39(35)43(40-23-10-6-18-36(40)41)30-26-24-29(25-27-30)42-37-20-7-3-15-32(37)33-16-4-8-21-38(33)42/h1-37H;1-31H;1-27H. The van der Waals surface area contributed by atoms with Gasteiger partial charge in [-0.25, -0.2) is 0 Å². The zero-order chi connectivity index (χ0) is 98.4. The molecule has 3 aliphatic heterocycles. The van der Waals surface area contributed by atoms with Crippen molar-refractivity contribution in [3.8, 4) is 61.6 Å². The van der Waals surface area contributed by atoms with Crippen LogP contribution in [0.4, 0.5) is 51.2 Å². The van der Waals surface area contributed by atoms with E-state index < -0.39 is 0 Å². The van der Waals surface area contributed by atoms with E-state index in [1.807, 2.05) is 0 Å². The van der Waals surface area contributed by atoms with Crippen LogP contribution in [0, 0.1) is 0 Å². The van der Waals surface area contributed by atoms with Crippen molar-refractivity contribution in [3.63, 3.8) is 0 Å². The minimum absolute atomic E-state index is 0.0271. The molecule has 0 saturated heterocycles. The molecule has 0 saturated carbocycles. The van der Waals surface area contributed by atoms with Gasteiger partial charge >= 0.3 is 0 Å². The summed E-state index contributed by atoms with van der Waals surface area (Å²) in [5.41, 5.74) is 43.1. The molecule has 30 rings (SSSR count). The van der Waals surface area contributed by atoms with Gasteiger partial charge in [-0.1, -0.05) is 435 Å². The summed E-state index contributed by atoms with van der Waals surface area (Å²) in [6.07, 6.45) is 0. The predicted molar refractivity (Wildman–Crippen MR) is 636 cm³/mol. The van der Waals surface area contributed by atoms with E-state index in [9.17, 15) is 0 Å². The Kier molecular flexibility index (Phi) is 21.9. The molecule has 6 nitrogen and oxygen atoms in total. The minimum Gasteiger partial charge on any atom is -0.312 e. The van der Waals surface area contributed by atoms with Crippen molar-refractivity contribution in [3.05, 3.63) is 576 Å². The van der Waals surface area contributed by atoms with E-state index in [0.29, 0.717) is 0 Å². The van der Waals surface area contributed by atoms with Gasteiger partial charge in [0.1, 0.15) is 0 Å². The summed E-state index contributed by atoms with van der Waals surface area (Å²) in [5, 5.41) is 12.8. The van der Waals surface area contributed by atoms with Crippen LogP contribution >= 0.6 is 0 Å². The maximum Gasteiger partial charge on any atom is 0.248 e. The van der Waals surface area contributed by atoms with Crippen molar-refractivity contribution in [2.75, 3.05) is 14.7 Å². The zero-order valence-corrected chi connectivity index (χ0v) is 81.8. The number of benzene rings is 24. The minimum atomic E-state index is -0.0271. The van der Waals surface area contributed by atoms with Crippen LogP contribution in [-0.4, -0.2) is 33.8 Å². The molecular weight excluding hydrogens is 1800 g/mol. The normalized spacial score (nSPS) is 12.3.